The predicted octanol–water partition coefficient (Wildman–Crippen LogP) is 2.31. The zero-order valence-corrected chi connectivity index (χ0v) is 13.3. The Morgan fingerprint density at radius 3 is 2.00 bits per heavy atom. The largest absolute Gasteiger partial charge is 0.345 e. The van der Waals surface area contributed by atoms with E-state index in [9.17, 15) is 9.59 Å². The van der Waals surface area contributed by atoms with Crippen molar-refractivity contribution in [2.75, 3.05) is 6.54 Å². The highest BCUT2D eigenvalue weighted by molar-refractivity contribution is 5.88. The van der Waals surface area contributed by atoms with Crippen LogP contribution in [0.15, 0.2) is 30.3 Å². The van der Waals surface area contributed by atoms with Gasteiger partial charge in [-0.3, -0.25) is 9.59 Å². The van der Waals surface area contributed by atoms with Crippen molar-refractivity contribution in [1.82, 2.24) is 5.32 Å². The Balaban J connectivity index is 0. The molecule has 0 bridgehead atoms. The topological polar surface area (TPSA) is 72.2 Å². The van der Waals surface area contributed by atoms with Gasteiger partial charge in [-0.1, -0.05) is 58.0 Å². The molecule has 0 spiro atoms. The number of nitrogens with two attached hydrogens (primary N) is 1. The molecule has 1 atom stereocenters. The van der Waals surface area contributed by atoms with E-state index in [2.05, 4.69) is 5.32 Å². The van der Waals surface area contributed by atoms with E-state index in [4.69, 9.17) is 5.73 Å². The van der Waals surface area contributed by atoms with Crippen molar-refractivity contribution in [1.29, 1.82) is 0 Å². The molecule has 1 amide bonds. The van der Waals surface area contributed by atoms with Crippen LogP contribution in [-0.2, 0) is 16.0 Å². The number of Topliss-reactive ketones (excluding diaryl/α,β-unsaturated/α-hetero) is 1. The van der Waals surface area contributed by atoms with Crippen LogP contribution in [-0.4, -0.2) is 24.3 Å². The van der Waals surface area contributed by atoms with Crippen LogP contribution in [0, 0.1) is 0 Å². The van der Waals surface area contributed by atoms with E-state index in [0.29, 0.717) is 6.42 Å². The monoisotopic (exact) mass is 280 g/mol. The molecular weight excluding hydrogens is 252 g/mol. The number of rotatable bonds is 5. The number of carbonyl (C=O) groups excluding carboxylic acids is 2. The molecule has 1 rings (SSSR count). The van der Waals surface area contributed by atoms with Gasteiger partial charge in [0.05, 0.1) is 12.6 Å². The summed E-state index contributed by atoms with van der Waals surface area (Å²) in [5.41, 5.74) is 6.20. The van der Waals surface area contributed by atoms with Crippen LogP contribution in [0.3, 0.4) is 0 Å². The lowest BCUT2D eigenvalue weighted by atomic mass is 10.0. The molecule has 0 heterocycles. The number of amides is 1. The van der Waals surface area contributed by atoms with Gasteiger partial charge in [0.1, 0.15) is 0 Å². The average Bonchev–Trinajstić information content (AvgIpc) is 2.51. The Bertz CT molecular complexity index is 364. The lowest BCUT2D eigenvalue weighted by Gasteiger charge is -2.15. The summed E-state index contributed by atoms with van der Waals surface area (Å²) in [4.78, 5) is 22.5. The SMILES string of the molecule is CC.CC.CC(=O)[C@H](Cc1ccccc1)NC(=O)CN. The number of hydrogen-bond donors (Lipinski definition) is 2. The molecule has 0 fully saturated rings. The molecule has 114 valence electrons. The van der Waals surface area contributed by atoms with E-state index >= 15 is 0 Å². The summed E-state index contributed by atoms with van der Waals surface area (Å²) < 4.78 is 0. The first-order valence-corrected chi connectivity index (χ1v) is 7.17. The number of carbonyl (C=O) groups is 2. The van der Waals surface area contributed by atoms with E-state index in [1.54, 1.807) is 0 Å². The highest BCUT2D eigenvalue weighted by Gasteiger charge is 2.16. The lowest BCUT2D eigenvalue weighted by Crippen LogP contribution is -2.44. The standard InChI is InChI=1S/C12H16N2O2.2C2H6/c1-9(15)11(14-12(16)8-13)7-10-5-3-2-4-6-10;2*1-2/h2-6,11H,7-8,13H2,1H3,(H,14,16);2*1-2H3/t11-;;/m0../s1. The maximum Gasteiger partial charge on any atom is 0.234 e. The minimum Gasteiger partial charge on any atom is -0.345 e. The summed E-state index contributed by atoms with van der Waals surface area (Å²) >= 11 is 0. The summed E-state index contributed by atoms with van der Waals surface area (Å²) in [5.74, 6) is -0.373. The van der Waals surface area contributed by atoms with Crippen molar-refractivity contribution < 1.29 is 9.59 Å². The Kier molecular flexibility index (Phi) is 14.2. The number of hydrogen-bond acceptors (Lipinski definition) is 3. The Hall–Kier alpha value is -1.68. The predicted molar refractivity (Wildman–Crippen MR) is 84.5 cm³/mol. The van der Waals surface area contributed by atoms with Crippen molar-refractivity contribution >= 4 is 11.7 Å². The summed E-state index contributed by atoms with van der Waals surface area (Å²) in [6, 6.07) is 9.06. The van der Waals surface area contributed by atoms with Crippen molar-refractivity contribution in [3.63, 3.8) is 0 Å². The molecule has 0 saturated carbocycles. The van der Waals surface area contributed by atoms with Crippen LogP contribution in [0.4, 0.5) is 0 Å². The first-order valence-electron chi connectivity index (χ1n) is 7.17. The Labute approximate surface area is 122 Å². The van der Waals surface area contributed by atoms with Crippen molar-refractivity contribution in [2.45, 2.75) is 47.1 Å². The molecule has 4 nitrogen and oxygen atoms in total. The van der Waals surface area contributed by atoms with Crippen LogP contribution < -0.4 is 11.1 Å². The third-order valence-electron chi connectivity index (χ3n) is 2.29. The van der Waals surface area contributed by atoms with E-state index in [1.165, 1.54) is 6.92 Å². The van der Waals surface area contributed by atoms with Crippen LogP contribution in [0.25, 0.3) is 0 Å². The summed E-state index contributed by atoms with van der Waals surface area (Å²) in [5, 5.41) is 2.60. The highest BCUT2D eigenvalue weighted by atomic mass is 16.2. The van der Waals surface area contributed by atoms with Crippen LogP contribution >= 0.6 is 0 Å². The first-order chi connectivity index (χ1) is 9.63. The molecule has 0 unspecified atom stereocenters. The normalized spacial score (nSPS) is 10.1. The van der Waals surface area contributed by atoms with Crippen LogP contribution in [0.5, 0.6) is 0 Å². The third kappa shape index (κ3) is 9.28. The molecular formula is C16H28N2O2. The summed E-state index contributed by atoms with van der Waals surface area (Å²) in [6.07, 6.45) is 0.502. The molecule has 0 aliphatic heterocycles. The fourth-order valence-corrected chi connectivity index (χ4v) is 1.40. The van der Waals surface area contributed by atoms with E-state index < -0.39 is 6.04 Å². The first kappa shape index (κ1) is 20.6. The minimum atomic E-state index is -0.488. The van der Waals surface area contributed by atoms with E-state index in [1.807, 2.05) is 58.0 Å². The van der Waals surface area contributed by atoms with Crippen LogP contribution in [0.2, 0.25) is 0 Å². The van der Waals surface area contributed by atoms with Crippen molar-refractivity contribution in [3.8, 4) is 0 Å². The zero-order chi connectivity index (χ0) is 16.0. The van der Waals surface area contributed by atoms with Gasteiger partial charge < -0.3 is 11.1 Å². The molecule has 0 aliphatic carbocycles. The maximum absolute atomic E-state index is 11.3. The van der Waals surface area contributed by atoms with Gasteiger partial charge in [-0.15, -0.1) is 0 Å². The Morgan fingerprint density at radius 1 is 1.10 bits per heavy atom. The molecule has 4 heteroatoms. The minimum absolute atomic E-state index is 0.0642. The van der Waals surface area contributed by atoms with Gasteiger partial charge >= 0.3 is 0 Å². The molecule has 1 aromatic carbocycles. The quantitative estimate of drug-likeness (QED) is 0.869. The Morgan fingerprint density at radius 2 is 1.60 bits per heavy atom. The van der Waals surface area contributed by atoms with Gasteiger partial charge in [-0.2, -0.15) is 0 Å². The molecule has 1 aromatic rings. The van der Waals surface area contributed by atoms with Gasteiger partial charge in [0.15, 0.2) is 5.78 Å². The number of nitrogens with one attached hydrogen (secondary N) is 1. The van der Waals surface area contributed by atoms with Crippen molar-refractivity contribution in [2.24, 2.45) is 5.73 Å². The fourth-order valence-electron chi connectivity index (χ4n) is 1.40. The molecule has 0 aromatic heterocycles. The summed E-state index contributed by atoms with van der Waals surface area (Å²) in [6.45, 7) is 9.36. The van der Waals surface area contributed by atoms with Gasteiger partial charge in [0, 0.05) is 0 Å². The van der Waals surface area contributed by atoms with E-state index in [0.717, 1.165) is 5.56 Å². The van der Waals surface area contributed by atoms with Gasteiger partial charge in [-0.05, 0) is 18.9 Å². The molecule has 3 N–H and O–H groups in total. The van der Waals surface area contributed by atoms with Gasteiger partial charge in [0.25, 0.3) is 0 Å². The second-order valence-electron chi connectivity index (χ2n) is 3.62. The smallest absolute Gasteiger partial charge is 0.234 e. The van der Waals surface area contributed by atoms with Gasteiger partial charge in [0.2, 0.25) is 5.91 Å². The third-order valence-corrected chi connectivity index (χ3v) is 2.29. The second kappa shape index (κ2) is 13.7. The number of ketones is 1. The molecule has 20 heavy (non-hydrogen) atoms. The maximum atomic E-state index is 11.3. The molecule has 0 saturated heterocycles. The van der Waals surface area contributed by atoms with Crippen molar-refractivity contribution in [3.05, 3.63) is 35.9 Å². The highest BCUT2D eigenvalue weighted by Crippen LogP contribution is 2.03. The second-order valence-corrected chi connectivity index (χ2v) is 3.62. The number of benzene rings is 1. The molecule has 0 radical (unpaired) electrons. The van der Waals surface area contributed by atoms with Gasteiger partial charge in [-0.25, -0.2) is 0 Å². The summed E-state index contributed by atoms with van der Waals surface area (Å²) in [7, 11) is 0. The molecule has 0 aliphatic rings. The fraction of sp³-hybridized carbons (Fsp3) is 0.500. The average molecular weight is 280 g/mol. The zero-order valence-electron chi connectivity index (χ0n) is 13.3. The lowest BCUT2D eigenvalue weighted by molar-refractivity contribution is -0.126. The van der Waals surface area contributed by atoms with E-state index in [-0.39, 0.29) is 18.2 Å². The van der Waals surface area contributed by atoms with Crippen LogP contribution in [0.1, 0.15) is 40.2 Å².